The van der Waals surface area contributed by atoms with Gasteiger partial charge in [-0.15, -0.1) is 0 Å². The van der Waals surface area contributed by atoms with E-state index in [1.807, 2.05) is 31.2 Å². The molecule has 2 aromatic carbocycles. The maximum atomic E-state index is 12.5. The van der Waals surface area contributed by atoms with E-state index in [0.717, 1.165) is 11.0 Å². The van der Waals surface area contributed by atoms with Gasteiger partial charge in [-0.2, -0.15) is 0 Å². The van der Waals surface area contributed by atoms with Crippen molar-refractivity contribution in [1.82, 2.24) is 14.9 Å². The number of para-hydroxylation sites is 2. The molecule has 0 bridgehead atoms. The smallest absolute Gasteiger partial charge is 0.243 e. The number of amides is 2. The number of ether oxygens (including phenoxy) is 1. The first kappa shape index (κ1) is 19.8. The molecule has 0 aliphatic heterocycles. The molecule has 0 unspecified atom stereocenters. The summed E-state index contributed by atoms with van der Waals surface area (Å²) in [6.45, 7) is 2.29. The summed E-state index contributed by atoms with van der Waals surface area (Å²) in [6.07, 6.45) is 0. The average Bonchev–Trinajstić information content (AvgIpc) is 3.13. The minimum atomic E-state index is -0.253. The minimum Gasteiger partial charge on any atom is -0.497 e. The Morgan fingerprint density at radius 2 is 2.04 bits per heavy atom. The quantitative estimate of drug-likeness (QED) is 0.569. The minimum absolute atomic E-state index is 0.00671. The van der Waals surface area contributed by atoms with Gasteiger partial charge in [0.2, 0.25) is 11.8 Å². The lowest BCUT2D eigenvalue weighted by Gasteiger charge is -2.20. The summed E-state index contributed by atoms with van der Waals surface area (Å²) in [6, 6.07) is 14.8. The topological polar surface area (TPSA) is 87.3 Å². The molecule has 146 valence electrons. The second-order valence-electron chi connectivity index (χ2n) is 6.04. The zero-order chi connectivity index (χ0) is 19.9. The van der Waals surface area contributed by atoms with Crippen LogP contribution in [-0.2, 0) is 9.59 Å². The molecule has 0 fully saturated rings. The Bertz CT molecular complexity index is 940. The Kier molecular flexibility index (Phi) is 6.54. The molecule has 0 aliphatic carbocycles. The summed E-state index contributed by atoms with van der Waals surface area (Å²) < 4.78 is 5.15. The second kappa shape index (κ2) is 9.27. The normalized spacial score (nSPS) is 10.6. The molecule has 3 aromatic rings. The molecule has 0 radical (unpaired) electrons. The Labute approximate surface area is 167 Å². The molecule has 7 nitrogen and oxygen atoms in total. The summed E-state index contributed by atoms with van der Waals surface area (Å²) in [5, 5.41) is 3.48. The number of nitrogens with one attached hydrogen (secondary N) is 2. The van der Waals surface area contributed by atoms with Crippen molar-refractivity contribution in [2.24, 2.45) is 0 Å². The van der Waals surface area contributed by atoms with E-state index < -0.39 is 0 Å². The lowest BCUT2D eigenvalue weighted by atomic mass is 10.3. The zero-order valence-corrected chi connectivity index (χ0v) is 16.6. The largest absolute Gasteiger partial charge is 0.497 e. The number of hydrogen-bond donors (Lipinski definition) is 2. The third-order valence-electron chi connectivity index (χ3n) is 4.12. The van der Waals surface area contributed by atoms with Crippen LogP contribution >= 0.6 is 11.8 Å². The van der Waals surface area contributed by atoms with Gasteiger partial charge in [0.15, 0.2) is 5.16 Å². The molecule has 0 atom stereocenters. The molecule has 2 N–H and O–H groups in total. The number of carbonyl (C=O) groups excluding carboxylic acids is 2. The fraction of sp³-hybridized carbons (Fsp3) is 0.250. The van der Waals surface area contributed by atoms with Gasteiger partial charge >= 0.3 is 0 Å². The number of anilines is 1. The first-order valence-electron chi connectivity index (χ1n) is 8.88. The molecular weight excluding hydrogens is 376 g/mol. The van der Waals surface area contributed by atoms with E-state index in [-0.39, 0.29) is 24.1 Å². The zero-order valence-electron chi connectivity index (χ0n) is 15.8. The number of thioether (sulfide) groups is 1. The number of aromatic amines is 1. The average molecular weight is 398 g/mol. The monoisotopic (exact) mass is 398 g/mol. The highest BCUT2D eigenvalue weighted by Gasteiger charge is 2.17. The highest BCUT2D eigenvalue weighted by molar-refractivity contribution is 7.99. The van der Waals surface area contributed by atoms with Gasteiger partial charge in [0.1, 0.15) is 5.75 Å². The van der Waals surface area contributed by atoms with E-state index in [9.17, 15) is 9.59 Å². The predicted octanol–water partition coefficient (Wildman–Crippen LogP) is 3.15. The van der Waals surface area contributed by atoms with Crippen molar-refractivity contribution in [3.63, 3.8) is 0 Å². The number of aromatic nitrogens is 2. The number of H-pyrrole nitrogens is 1. The summed E-state index contributed by atoms with van der Waals surface area (Å²) in [4.78, 5) is 34.0. The van der Waals surface area contributed by atoms with Gasteiger partial charge in [-0.3, -0.25) is 9.59 Å². The summed E-state index contributed by atoms with van der Waals surface area (Å²) >= 11 is 1.33. The third kappa shape index (κ3) is 5.04. The number of fused-ring (bicyclic) bond motifs is 1. The number of methoxy groups -OCH3 is 1. The Balaban J connectivity index is 1.54. The first-order chi connectivity index (χ1) is 13.6. The molecule has 0 saturated carbocycles. The molecule has 8 heteroatoms. The van der Waals surface area contributed by atoms with Crippen LogP contribution in [0.3, 0.4) is 0 Å². The van der Waals surface area contributed by atoms with Crippen molar-refractivity contribution in [3.8, 4) is 5.75 Å². The molecule has 1 aromatic heterocycles. The number of likely N-dealkylation sites (N-methyl/N-ethyl adjacent to an activating group) is 1. The maximum Gasteiger partial charge on any atom is 0.243 e. The highest BCUT2D eigenvalue weighted by atomic mass is 32.2. The van der Waals surface area contributed by atoms with Crippen LogP contribution in [0.15, 0.2) is 53.7 Å². The van der Waals surface area contributed by atoms with Gasteiger partial charge in [0.05, 0.1) is 30.4 Å². The lowest BCUT2D eigenvalue weighted by molar-refractivity contribution is -0.132. The van der Waals surface area contributed by atoms with E-state index in [0.29, 0.717) is 23.1 Å². The van der Waals surface area contributed by atoms with Crippen molar-refractivity contribution >= 4 is 40.3 Å². The van der Waals surface area contributed by atoms with Gasteiger partial charge < -0.3 is 19.9 Å². The van der Waals surface area contributed by atoms with E-state index in [1.54, 1.807) is 31.4 Å². The Morgan fingerprint density at radius 3 is 2.79 bits per heavy atom. The number of imidazole rings is 1. The van der Waals surface area contributed by atoms with E-state index in [1.165, 1.54) is 16.7 Å². The number of nitrogens with zero attached hydrogens (tertiary/aromatic N) is 2. The van der Waals surface area contributed by atoms with Crippen molar-refractivity contribution in [2.75, 3.05) is 31.3 Å². The number of carbonyl (C=O) groups is 2. The molecular formula is C20H22N4O3S. The lowest BCUT2D eigenvalue weighted by Crippen LogP contribution is -2.38. The fourth-order valence-electron chi connectivity index (χ4n) is 2.67. The van der Waals surface area contributed by atoms with Crippen LogP contribution in [0.25, 0.3) is 11.0 Å². The van der Waals surface area contributed by atoms with Crippen LogP contribution in [-0.4, -0.2) is 52.6 Å². The van der Waals surface area contributed by atoms with Crippen LogP contribution < -0.4 is 10.1 Å². The van der Waals surface area contributed by atoms with Crippen LogP contribution in [0, 0.1) is 0 Å². The van der Waals surface area contributed by atoms with Gasteiger partial charge in [-0.05, 0) is 31.2 Å². The van der Waals surface area contributed by atoms with Crippen LogP contribution in [0.1, 0.15) is 6.92 Å². The Morgan fingerprint density at radius 1 is 1.21 bits per heavy atom. The second-order valence-corrected chi connectivity index (χ2v) is 7.00. The van der Waals surface area contributed by atoms with Gasteiger partial charge in [0.25, 0.3) is 0 Å². The van der Waals surface area contributed by atoms with E-state index in [2.05, 4.69) is 15.3 Å². The predicted molar refractivity (Wildman–Crippen MR) is 111 cm³/mol. The van der Waals surface area contributed by atoms with Gasteiger partial charge in [-0.25, -0.2) is 4.98 Å². The number of hydrogen-bond acceptors (Lipinski definition) is 5. The third-order valence-corrected chi connectivity index (χ3v) is 4.98. The highest BCUT2D eigenvalue weighted by Crippen LogP contribution is 2.20. The van der Waals surface area contributed by atoms with Crippen molar-refractivity contribution in [3.05, 3.63) is 48.5 Å². The molecule has 0 saturated heterocycles. The number of benzene rings is 2. The molecule has 1 heterocycles. The first-order valence-corrected chi connectivity index (χ1v) is 9.87. The van der Waals surface area contributed by atoms with Crippen molar-refractivity contribution in [2.45, 2.75) is 12.1 Å². The number of rotatable bonds is 8. The van der Waals surface area contributed by atoms with Crippen molar-refractivity contribution in [1.29, 1.82) is 0 Å². The van der Waals surface area contributed by atoms with Crippen molar-refractivity contribution < 1.29 is 14.3 Å². The van der Waals surface area contributed by atoms with Crippen LogP contribution in [0.2, 0.25) is 0 Å². The maximum absolute atomic E-state index is 12.5. The van der Waals surface area contributed by atoms with Crippen LogP contribution in [0.5, 0.6) is 5.75 Å². The van der Waals surface area contributed by atoms with Gasteiger partial charge in [-0.1, -0.05) is 30.0 Å². The molecule has 28 heavy (non-hydrogen) atoms. The fourth-order valence-corrected chi connectivity index (χ4v) is 3.46. The van der Waals surface area contributed by atoms with Crippen LogP contribution in [0.4, 0.5) is 5.69 Å². The van der Waals surface area contributed by atoms with E-state index >= 15 is 0 Å². The standard InChI is InChI=1S/C20H22N4O3S/c1-3-24(12-18(25)21-14-7-6-8-15(11-14)27-2)19(26)13-28-20-22-16-9-4-5-10-17(16)23-20/h4-11H,3,12-13H2,1-2H3,(H,21,25)(H,22,23). The van der Waals surface area contributed by atoms with E-state index in [4.69, 9.17) is 4.74 Å². The summed E-state index contributed by atoms with van der Waals surface area (Å²) in [5.74, 6) is 0.495. The van der Waals surface area contributed by atoms with Gasteiger partial charge in [0, 0.05) is 18.3 Å². The molecule has 2 amide bonds. The molecule has 0 aliphatic rings. The summed E-state index contributed by atoms with van der Waals surface area (Å²) in [5.41, 5.74) is 2.43. The Hall–Kier alpha value is -3.00. The summed E-state index contributed by atoms with van der Waals surface area (Å²) in [7, 11) is 1.57. The molecule has 0 spiro atoms. The molecule has 3 rings (SSSR count). The SMILES string of the molecule is CCN(CC(=O)Nc1cccc(OC)c1)C(=O)CSc1nc2ccccc2[nH]1.